The first-order valence-electron chi connectivity index (χ1n) is 4.40. The van der Waals surface area contributed by atoms with Crippen LogP contribution < -0.4 is 0 Å². The molecule has 0 heterocycles. The van der Waals surface area contributed by atoms with Crippen LogP contribution in [0.5, 0.6) is 0 Å². The summed E-state index contributed by atoms with van der Waals surface area (Å²) >= 11 is 0. The molecule has 0 amide bonds. The van der Waals surface area contributed by atoms with E-state index in [4.69, 9.17) is 5.26 Å². The molecule has 64 valence electrons. The van der Waals surface area contributed by atoms with Crippen LogP contribution in [-0.2, 0) is 5.41 Å². The maximum Gasteiger partial charge on any atom is 0.0896 e. The highest BCUT2D eigenvalue weighted by molar-refractivity contribution is 5.42. The van der Waals surface area contributed by atoms with Crippen LogP contribution >= 0.6 is 0 Å². The summed E-state index contributed by atoms with van der Waals surface area (Å²) in [6.45, 7) is 3.88. The zero-order chi connectivity index (χ0) is 9.31. The average Bonchev–Trinajstić information content (AvgIpc) is 2.14. The van der Waals surface area contributed by atoms with E-state index in [0.717, 1.165) is 18.4 Å². The van der Waals surface area contributed by atoms with Crippen molar-refractivity contribution in [3.8, 4) is 6.07 Å². The summed E-state index contributed by atoms with van der Waals surface area (Å²) < 4.78 is 0. The third-order valence-electron chi connectivity index (χ3n) is 2.64. The maximum absolute atomic E-state index is 9.12. The second-order valence-corrected chi connectivity index (χ2v) is 3.66. The zero-order valence-electron chi connectivity index (χ0n) is 7.46. The van der Waals surface area contributed by atoms with Gasteiger partial charge in [-0.3, -0.25) is 0 Å². The predicted molar refractivity (Wildman–Crippen MR) is 52.1 cm³/mol. The summed E-state index contributed by atoms with van der Waals surface area (Å²) in [5, 5.41) is 9.12. The van der Waals surface area contributed by atoms with E-state index in [0.29, 0.717) is 0 Å². The average molecular weight is 169 g/mol. The first-order valence-corrected chi connectivity index (χ1v) is 4.40. The van der Waals surface area contributed by atoms with Crippen molar-refractivity contribution < 1.29 is 0 Å². The van der Waals surface area contributed by atoms with Gasteiger partial charge in [0.1, 0.15) is 0 Å². The Morgan fingerprint density at radius 3 is 2.31 bits per heavy atom. The molecule has 1 aromatic rings. The number of benzene rings is 1. The highest BCUT2D eigenvalue weighted by atomic mass is 14.5. The lowest BCUT2D eigenvalue weighted by molar-refractivity contribution is 0.433. The lowest BCUT2D eigenvalue weighted by atomic mass is 9.63. The lowest BCUT2D eigenvalue weighted by Gasteiger charge is -2.37. The molecule has 0 saturated heterocycles. The Morgan fingerprint density at radius 1 is 1.23 bits per heavy atom. The van der Waals surface area contributed by atoms with Crippen LogP contribution in [0.3, 0.4) is 0 Å². The van der Waals surface area contributed by atoms with E-state index >= 15 is 0 Å². The Morgan fingerprint density at radius 2 is 1.85 bits per heavy atom. The molecule has 1 saturated carbocycles. The van der Waals surface area contributed by atoms with E-state index < -0.39 is 0 Å². The number of allylic oxidation sites excluding steroid dienone is 1. The smallest absolute Gasteiger partial charge is 0.0896 e. The molecule has 0 atom stereocenters. The molecule has 1 aliphatic rings. The van der Waals surface area contributed by atoms with Gasteiger partial charge in [-0.25, -0.2) is 0 Å². The van der Waals surface area contributed by atoms with E-state index in [1.165, 1.54) is 5.57 Å². The molecule has 0 spiro atoms. The molecule has 0 aliphatic heterocycles. The molecule has 0 bridgehead atoms. The van der Waals surface area contributed by atoms with Crippen LogP contribution in [0.25, 0.3) is 0 Å². The van der Waals surface area contributed by atoms with Gasteiger partial charge >= 0.3 is 0 Å². The fourth-order valence-corrected chi connectivity index (χ4v) is 1.91. The van der Waals surface area contributed by atoms with Crippen molar-refractivity contribution in [3.05, 3.63) is 48.0 Å². The molecular formula is C12H11N. The number of nitriles is 1. The highest BCUT2D eigenvalue weighted by Crippen LogP contribution is 2.45. The molecule has 1 aliphatic carbocycles. The van der Waals surface area contributed by atoms with Crippen molar-refractivity contribution >= 4 is 0 Å². The Balaban J connectivity index is 2.36. The largest absolute Gasteiger partial charge is 0.197 e. The Hall–Kier alpha value is -1.55. The topological polar surface area (TPSA) is 23.8 Å². The van der Waals surface area contributed by atoms with Crippen molar-refractivity contribution in [1.29, 1.82) is 5.26 Å². The summed E-state index contributed by atoms with van der Waals surface area (Å²) in [4.78, 5) is 0. The van der Waals surface area contributed by atoms with Crippen LogP contribution in [0.4, 0.5) is 0 Å². The van der Waals surface area contributed by atoms with Gasteiger partial charge in [0.25, 0.3) is 0 Å². The van der Waals surface area contributed by atoms with Crippen molar-refractivity contribution in [1.82, 2.24) is 0 Å². The van der Waals surface area contributed by atoms with E-state index in [2.05, 4.69) is 12.6 Å². The SMILES string of the molecule is C=C1CC(C#N)(c2ccccc2)C1. The Labute approximate surface area is 78.3 Å². The minimum Gasteiger partial charge on any atom is -0.197 e. The highest BCUT2D eigenvalue weighted by Gasteiger charge is 2.41. The van der Waals surface area contributed by atoms with Gasteiger partial charge in [0.05, 0.1) is 11.5 Å². The summed E-state index contributed by atoms with van der Waals surface area (Å²) in [6.07, 6.45) is 1.65. The number of nitrogens with zero attached hydrogens (tertiary/aromatic N) is 1. The number of hydrogen-bond donors (Lipinski definition) is 0. The monoisotopic (exact) mass is 169 g/mol. The molecule has 0 unspecified atom stereocenters. The molecular weight excluding hydrogens is 158 g/mol. The van der Waals surface area contributed by atoms with Crippen LogP contribution in [0, 0.1) is 11.3 Å². The number of rotatable bonds is 1. The molecule has 2 rings (SSSR count). The third kappa shape index (κ3) is 1.15. The van der Waals surface area contributed by atoms with Crippen LogP contribution in [0.15, 0.2) is 42.5 Å². The predicted octanol–water partition coefficient (Wildman–Crippen LogP) is 2.80. The van der Waals surface area contributed by atoms with Gasteiger partial charge in [0.2, 0.25) is 0 Å². The molecule has 0 radical (unpaired) electrons. The van der Waals surface area contributed by atoms with Crippen molar-refractivity contribution in [3.63, 3.8) is 0 Å². The normalized spacial score (nSPS) is 18.8. The zero-order valence-corrected chi connectivity index (χ0v) is 7.46. The van der Waals surface area contributed by atoms with Crippen LogP contribution in [0.1, 0.15) is 18.4 Å². The van der Waals surface area contributed by atoms with E-state index in [9.17, 15) is 0 Å². The van der Waals surface area contributed by atoms with Gasteiger partial charge in [0, 0.05) is 0 Å². The Bertz CT molecular complexity index is 362. The van der Waals surface area contributed by atoms with Gasteiger partial charge < -0.3 is 0 Å². The molecule has 0 N–H and O–H groups in total. The van der Waals surface area contributed by atoms with Crippen molar-refractivity contribution in [2.24, 2.45) is 0 Å². The molecule has 1 nitrogen and oxygen atoms in total. The third-order valence-corrected chi connectivity index (χ3v) is 2.64. The minimum absolute atomic E-state index is 0.266. The second-order valence-electron chi connectivity index (χ2n) is 3.66. The van der Waals surface area contributed by atoms with Gasteiger partial charge in [-0.05, 0) is 18.4 Å². The number of hydrogen-bond acceptors (Lipinski definition) is 1. The fraction of sp³-hybridized carbons (Fsp3) is 0.250. The summed E-state index contributed by atoms with van der Waals surface area (Å²) in [5.74, 6) is 0. The molecule has 1 fully saturated rings. The second kappa shape index (κ2) is 2.74. The molecule has 1 heteroatoms. The molecule has 13 heavy (non-hydrogen) atoms. The van der Waals surface area contributed by atoms with Crippen molar-refractivity contribution in [2.45, 2.75) is 18.3 Å². The van der Waals surface area contributed by atoms with Gasteiger partial charge in [-0.2, -0.15) is 5.26 Å². The van der Waals surface area contributed by atoms with Crippen molar-refractivity contribution in [2.75, 3.05) is 0 Å². The summed E-state index contributed by atoms with van der Waals surface area (Å²) in [6, 6.07) is 12.4. The minimum atomic E-state index is -0.266. The Kier molecular flexibility index (Phi) is 1.70. The maximum atomic E-state index is 9.12. The van der Waals surface area contributed by atoms with E-state index in [1.54, 1.807) is 0 Å². The van der Waals surface area contributed by atoms with Crippen LogP contribution in [-0.4, -0.2) is 0 Å². The first-order chi connectivity index (χ1) is 6.27. The quantitative estimate of drug-likeness (QED) is 0.593. The first kappa shape index (κ1) is 8.07. The van der Waals surface area contributed by atoms with Gasteiger partial charge in [-0.15, -0.1) is 0 Å². The molecule has 1 aromatic carbocycles. The fourth-order valence-electron chi connectivity index (χ4n) is 1.91. The lowest BCUT2D eigenvalue weighted by Crippen LogP contribution is -2.33. The molecule has 0 aromatic heterocycles. The van der Waals surface area contributed by atoms with Crippen LogP contribution in [0.2, 0.25) is 0 Å². The van der Waals surface area contributed by atoms with Gasteiger partial charge in [0.15, 0.2) is 0 Å². The van der Waals surface area contributed by atoms with E-state index in [1.807, 2.05) is 30.3 Å². The standard InChI is InChI=1S/C12H11N/c1-10-7-12(8-10,9-13)11-5-3-2-4-6-11/h2-6H,1,7-8H2. The summed E-state index contributed by atoms with van der Waals surface area (Å²) in [5.41, 5.74) is 2.05. The summed E-state index contributed by atoms with van der Waals surface area (Å²) in [7, 11) is 0. The van der Waals surface area contributed by atoms with Gasteiger partial charge in [-0.1, -0.05) is 42.5 Å². The van der Waals surface area contributed by atoms with E-state index in [-0.39, 0.29) is 5.41 Å².